The second kappa shape index (κ2) is 43.6. The lowest BCUT2D eigenvalue weighted by molar-refractivity contribution is -0.123. The van der Waals surface area contributed by atoms with Crippen LogP contribution < -0.4 is 11.1 Å². The van der Waals surface area contributed by atoms with Crippen molar-refractivity contribution in [3.05, 3.63) is 24.3 Å². The minimum atomic E-state index is -4.35. The number of phosphoric acid groups is 1. The molecule has 3 atom stereocenters. The molecule has 0 aliphatic rings. The SMILES string of the molecule is CCCCCCCCCCCCCCC/C=C/CC/C=C/C(O)C(COP(=O)(O)OCCN)NC(=O)CCCCCCCCCCCCCCCCCCCC. The van der Waals surface area contributed by atoms with Crippen molar-refractivity contribution in [1.29, 1.82) is 0 Å². The van der Waals surface area contributed by atoms with Crippen LogP contribution in [0.2, 0.25) is 0 Å². The van der Waals surface area contributed by atoms with Crippen molar-refractivity contribution in [2.45, 2.75) is 251 Å². The number of nitrogens with one attached hydrogen (secondary N) is 1. The monoisotopic (exact) mass is 813 g/mol. The van der Waals surface area contributed by atoms with Crippen LogP contribution in [0.25, 0.3) is 0 Å². The van der Waals surface area contributed by atoms with Crippen LogP contribution in [0.5, 0.6) is 0 Å². The lowest BCUT2D eigenvalue weighted by Crippen LogP contribution is -2.45. The molecule has 0 aromatic rings. The van der Waals surface area contributed by atoms with Gasteiger partial charge in [0.1, 0.15) is 0 Å². The number of allylic oxidation sites excluding steroid dienone is 3. The van der Waals surface area contributed by atoms with Gasteiger partial charge in [0.05, 0.1) is 25.4 Å². The van der Waals surface area contributed by atoms with Crippen LogP contribution in [0.15, 0.2) is 24.3 Å². The summed E-state index contributed by atoms with van der Waals surface area (Å²) in [5, 5.41) is 13.7. The number of hydrogen-bond donors (Lipinski definition) is 4. The van der Waals surface area contributed by atoms with Crippen LogP contribution in [0.4, 0.5) is 0 Å². The molecule has 0 radical (unpaired) electrons. The summed E-state index contributed by atoms with van der Waals surface area (Å²) in [4.78, 5) is 22.7. The third kappa shape index (κ3) is 41.2. The smallest absolute Gasteiger partial charge is 0.387 e. The summed E-state index contributed by atoms with van der Waals surface area (Å²) in [6.45, 7) is 4.15. The molecule has 0 aromatic carbocycles. The molecule has 332 valence electrons. The number of nitrogens with two attached hydrogens (primary N) is 1. The van der Waals surface area contributed by atoms with Gasteiger partial charge < -0.3 is 21.1 Å². The molecule has 3 unspecified atom stereocenters. The number of unbranched alkanes of at least 4 members (excludes halogenated alkanes) is 31. The van der Waals surface area contributed by atoms with E-state index in [1.165, 1.54) is 180 Å². The van der Waals surface area contributed by atoms with Crippen LogP contribution >= 0.6 is 7.82 Å². The quantitative estimate of drug-likeness (QED) is 0.0273. The number of amides is 1. The van der Waals surface area contributed by atoms with Crippen LogP contribution in [0, 0.1) is 0 Å². The number of carbonyl (C=O) groups is 1. The lowest BCUT2D eigenvalue weighted by atomic mass is 10.0. The van der Waals surface area contributed by atoms with Gasteiger partial charge >= 0.3 is 7.82 Å². The Balaban J connectivity index is 4.17. The third-order valence-electron chi connectivity index (χ3n) is 10.8. The number of aliphatic hydroxyl groups is 1. The molecule has 0 aliphatic carbocycles. The summed E-state index contributed by atoms with van der Waals surface area (Å²) in [5.41, 5.74) is 5.38. The van der Waals surface area contributed by atoms with Crippen LogP contribution in [0.3, 0.4) is 0 Å². The Morgan fingerprint density at radius 3 is 1.38 bits per heavy atom. The number of phosphoric ester groups is 1. The third-order valence-corrected chi connectivity index (χ3v) is 11.8. The minimum absolute atomic E-state index is 0.0761. The zero-order valence-electron chi connectivity index (χ0n) is 36.9. The van der Waals surface area contributed by atoms with E-state index in [1.54, 1.807) is 6.08 Å². The van der Waals surface area contributed by atoms with Crippen molar-refractivity contribution in [2.75, 3.05) is 19.8 Å². The van der Waals surface area contributed by atoms with Gasteiger partial charge in [0.25, 0.3) is 0 Å². The summed E-state index contributed by atoms with van der Waals surface area (Å²) in [7, 11) is -4.35. The molecule has 8 nitrogen and oxygen atoms in total. The molecule has 56 heavy (non-hydrogen) atoms. The van der Waals surface area contributed by atoms with E-state index in [4.69, 9.17) is 14.8 Å². The van der Waals surface area contributed by atoms with Crippen molar-refractivity contribution in [1.82, 2.24) is 5.32 Å². The van der Waals surface area contributed by atoms with E-state index >= 15 is 0 Å². The largest absolute Gasteiger partial charge is 0.472 e. The fraction of sp³-hybridized carbons (Fsp3) is 0.894. The van der Waals surface area contributed by atoms with Crippen LogP contribution in [-0.4, -0.2) is 47.8 Å². The first-order valence-corrected chi connectivity index (χ1v) is 25.5. The van der Waals surface area contributed by atoms with E-state index < -0.39 is 20.0 Å². The van der Waals surface area contributed by atoms with E-state index in [-0.39, 0.29) is 25.7 Å². The molecule has 0 aliphatic heterocycles. The molecule has 9 heteroatoms. The summed E-state index contributed by atoms with van der Waals surface area (Å²) in [5.74, 6) is -0.200. The average Bonchev–Trinajstić information content (AvgIpc) is 3.19. The summed E-state index contributed by atoms with van der Waals surface area (Å²) < 4.78 is 22.2. The maximum absolute atomic E-state index is 12.8. The van der Waals surface area contributed by atoms with Gasteiger partial charge in [-0.3, -0.25) is 13.8 Å². The zero-order chi connectivity index (χ0) is 41.1. The number of rotatable bonds is 45. The number of aliphatic hydroxyl groups excluding tert-OH is 1. The molecule has 0 spiro atoms. The van der Waals surface area contributed by atoms with E-state index in [9.17, 15) is 19.4 Å². The van der Waals surface area contributed by atoms with Gasteiger partial charge in [-0.25, -0.2) is 4.57 Å². The highest BCUT2D eigenvalue weighted by molar-refractivity contribution is 7.47. The van der Waals surface area contributed by atoms with Crippen molar-refractivity contribution in [3.8, 4) is 0 Å². The Kier molecular flexibility index (Phi) is 42.8. The van der Waals surface area contributed by atoms with Gasteiger partial charge in [0.15, 0.2) is 0 Å². The normalized spacial score (nSPS) is 14.2. The summed E-state index contributed by atoms with van der Waals surface area (Å²) in [6, 6.07) is -0.873. The molecule has 0 saturated carbocycles. The van der Waals surface area contributed by atoms with Crippen molar-refractivity contribution >= 4 is 13.7 Å². The van der Waals surface area contributed by atoms with Crippen LogP contribution in [0.1, 0.15) is 239 Å². The van der Waals surface area contributed by atoms with Gasteiger partial charge in [0.2, 0.25) is 5.91 Å². The number of carbonyl (C=O) groups excluding carboxylic acids is 1. The summed E-state index contributed by atoms with van der Waals surface area (Å²) in [6.07, 6.45) is 50.9. The van der Waals surface area contributed by atoms with Gasteiger partial charge in [-0.2, -0.15) is 0 Å². The number of hydrogen-bond acceptors (Lipinski definition) is 6. The first kappa shape index (κ1) is 55.0. The molecular formula is C47H93N2O6P. The molecule has 0 rings (SSSR count). The maximum Gasteiger partial charge on any atom is 0.472 e. The predicted molar refractivity (Wildman–Crippen MR) is 240 cm³/mol. The molecule has 0 heterocycles. The Bertz CT molecular complexity index is 932. The van der Waals surface area contributed by atoms with Crippen molar-refractivity contribution in [2.24, 2.45) is 5.73 Å². The van der Waals surface area contributed by atoms with Crippen molar-refractivity contribution in [3.63, 3.8) is 0 Å². The van der Waals surface area contributed by atoms with Gasteiger partial charge in [-0.1, -0.05) is 224 Å². The average molecular weight is 813 g/mol. The van der Waals surface area contributed by atoms with Crippen LogP contribution in [-0.2, 0) is 18.4 Å². The van der Waals surface area contributed by atoms with E-state index in [0.29, 0.717) is 6.42 Å². The fourth-order valence-electron chi connectivity index (χ4n) is 7.15. The van der Waals surface area contributed by atoms with E-state index in [1.807, 2.05) is 6.08 Å². The Hall–Kier alpha value is -1.02. The van der Waals surface area contributed by atoms with E-state index in [2.05, 4.69) is 31.3 Å². The Morgan fingerprint density at radius 1 is 0.571 bits per heavy atom. The highest BCUT2D eigenvalue weighted by atomic mass is 31.2. The van der Waals surface area contributed by atoms with Gasteiger partial charge in [0, 0.05) is 13.0 Å². The van der Waals surface area contributed by atoms with Gasteiger partial charge in [-0.15, -0.1) is 0 Å². The fourth-order valence-corrected chi connectivity index (χ4v) is 7.91. The highest BCUT2D eigenvalue weighted by Gasteiger charge is 2.26. The first-order chi connectivity index (χ1) is 27.4. The molecule has 0 bridgehead atoms. The Morgan fingerprint density at radius 2 is 0.946 bits per heavy atom. The molecule has 0 aromatic heterocycles. The standard InChI is InChI=1S/C47H93N2O6P/c1-3-5-7-9-11-13-15-17-19-21-23-24-26-28-30-32-34-36-38-40-46(50)45(44-55-56(52,53)54-43-42-48)49-47(51)41-39-37-35-33-31-29-27-25-22-20-18-16-14-12-10-8-6-4-2/h30,32,38,40,45-46,50H,3-29,31,33-37,39,41-44,48H2,1-2H3,(H,49,51)(H,52,53)/b32-30+,40-38+. The molecule has 0 saturated heterocycles. The predicted octanol–water partition coefficient (Wildman–Crippen LogP) is 13.7. The minimum Gasteiger partial charge on any atom is -0.387 e. The second-order valence-corrected chi connectivity index (χ2v) is 17.8. The topological polar surface area (TPSA) is 131 Å². The second-order valence-electron chi connectivity index (χ2n) is 16.3. The zero-order valence-corrected chi connectivity index (χ0v) is 37.8. The van der Waals surface area contributed by atoms with E-state index in [0.717, 1.165) is 38.5 Å². The lowest BCUT2D eigenvalue weighted by Gasteiger charge is -2.23. The van der Waals surface area contributed by atoms with Gasteiger partial charge in [-0.05, 0) is 32.1 Å². The maximum atomic E-state index is 12.8. The Labute approximate surface area is 347 Å². The first-order valence-electron chi connectivity index (χ1n) is 24.0. The molecule has 5 N–H and O–H groups in total. The molecule has 1 amide bonds. The summed E-state index contributed by atoms with van der Waals surface area (Å²) >= 11 is 0. The highest BCUT2D eigenvalue weighted by Crippen LogP contribution is 2.43. The molecular weight excluding hydrogens is 719 g/mol. The molecule has 0 fully saturated rings. The van der Waals surface area contributed by atoms with Crippen molar-refractivity contribution < 1.29 is 28.4 Å².